The summed E-state index contributed by atoms with van der Waals surface area (Å²) in [4.78, 5) is 16.3. The molecule has 0 amide bonds. The molecule has 1 aromatic rings. The monoisotopic (exact) mass is 183 g/mol. The number of aromatic nitrogens is 1. The van der Waals surface area contributed by atoms with Crippen LogP contribution in [-0.2, 0) is 11.2 Å². The zero-order valence-corrected chi connectivity index (χ0v) is 8.49. The zero-order chi connectivity index (χ0) is 9.14. The fourth-order valence-corrected chi connectivity index (χ4v) is 1.86. The van der Waals surface area contributed by atoms with Gasteiger partial charge in [-0.05, 0) is 20.8 Å². The van der Waals surface area contributed by atoms with E-state index in [-0.39, 0.29) is 5.78 Å². The lowest BCUT2D eigenvalue weighted by Gasteiger charge is -1.89. The average Bonchev–Trinajstić information content (AvgIpc) is 2.28. The number of hydrogen-bond acceptors (Lipinski definition) is 3. The summed E-state index contributed by atoms with van der Waals surface area (Å²) in [5.41, 5.74) is 1.10. The molecule has 2 nitrogen and oxygen atoms in total. The summed E-state index contributed by atoms with van der Waals surface area (Å²) < 4.78 is 0. The number of hydrogen-bond donors (Lipinski definition) is 0. The van der Waals surface area contributed by atoms with Gasteiger partial charge in [0.15, 0.2) is 0 Å². The summed E-state index contributed by atoms with van der Waals surface area (Å²) in [6, 6.07) is 0. The molecule has 1 rings (SSSR count). The van der Waals surface area contributed by atoms with Crippen molar-refractivity contribution in [3.05, 3.63) is 15.6 Å². The minimum absolute atomic E-state index is 0.237. The van der Waals surface area contributed by atoms with E-state index in [1.807, 2.05) is 6.92 Å². The normalized spacial score (nSPS) is 10.2. The number of carbonyl (C=O) groups excluding carboxylic acids is 1. The first-order valence-corrected chi connectivity index (χ1v) is 4.83. The van der Waals surface area contributed by atoms with E-state index in [1.165, 1.54) is 4.88 Å². The predicted octanol–water partition coefficient (Wildman–Crippen LogP) is 2.28. The average molecular weight is 183 g/mol. The van der Waals surface area contributed by atoms with E-state index < -0.39 is 0 Å². The Labute approximate surface area is 76.6 Å². The maximum atomic E-state index is 10.7. The fraction of sp³-hybridized carbons (Fsp3) is 0.556. The Kier molecular flexibility index (Phi) is 2.98. The van der Waals surface area contributed by atoms with Crippen molar-refractivity contribution in [1.82, 2.24) is 4.98 Å². The Balaban J connectivity index is 2.58. The SMILES string of the molecule is CC(=O)CCc1nc(C)c(C)s1. The van der Waals surface area contributed by atoms with Gasteiger partial charge in [0, 0.05) is 17.7 Å². The highest BCUT2D eigenvalue weighted by atomic mass is 32.1. The Hall–Kier alpha value is -0.700. The van der Waals surface area contributed by atoms with Crippen LogP contribution in [0, 0.1) is 13.8 Å². The maximum absolute atomic E-state index is 10.7. The van der Waals surface area contributed by atoms with Crippen LogP contribution in [0.4, 0.5) is 0 Å². The predicted molar refractivity (Wildman–Crippen MR) is 50.6 cm³/mol. The molecule has 0 N–H and O–H groups in total. The molecule has 0 aliphatic heterocycles. The molecule has 0 bridgehead atoms. The van der Waals surface area contributed by atoms with Crippen molar-refractivity contribution >= 4 is 17.1 Å². The van der Waals surface area contributed by atoms with E-state index in [4.69, 9.17) is 0 Å². The molecular weight excluding hydrogens is 170 g/mol. The molecule has 0 spiro atoms. The summed E-state index contributed by atoms with van der Waals surface area (Å²) >= 11 is 1.69. The molecule has 1 heterocycles. The second-order valence-electron chi connectivity index (χ2n) is 2.95. The topological polar surface area (TPSA) is 30.0 Å². The van der Waals surface area contributed by atoms with E-state index in [2.05, 4.69) is 11.9 Å². The van der Waals surface area contributed by atoms with E-state index in [0.717, 1.165) is 17.1 Å². The van der Waals surface area contributed by atoms with Crippen LogP contribution in [0.1, 0.15) is 28.9 Å². The molecule has 0 fully saturated rings. The minimum atomic E-state index is 0.237. The van der Waals surface area contributed by atoms with Crippen LogP contribution < -0.4 is 0 Å². The summed E-state index contributed by atoms with van der Waals surface area (Å²) in [7, 11) is 0. The number of ketones is 1. The number of aryl methyl sites for hydroxylation is 3. The molecule has 0 atom stereocenters. The summed E-state index contributed by atoms with van der Waals surface area (Å²) in [6.07, 6.45) is 1.42. The maximum Gasteiger partial charge on any atom is 0.130 e. The van der Waals surface area contributed by atoms with Crippen molar-refractivity contribution in [2.24, 2.45) is 0 Å². The fourth-order valence-electron chi connectivity index (χ4n) is 0.929. The van der Waals surface area contributed by atoms with Gasteiger partial charge >= 0.3 is 0 Å². The van der Waals surface area contributed by atoms with Crippen molar-refractivity contribution in [2.75, 3.05) is 0 Å². The van der Waals surface area contributed by atoms with E-state index in [0.29, 0.717) is 6.42 Å². The first-order valence-electron chi connectivity index (χ1n) is 4.02. The van der Waals surface area contributed by atoms with Crippen LogP contribution in [0.3, 0.4) is 0 Å². The van der Waals surface area contributed by atoms with Gasteiger partial charge in [0.2, 0.25) is 0 Å². The van der Waals surface area contributed by atoms with Crippen molar-refractivity contribution in [3.8, 4) is 0 Å². The summed E-state index contributed by atoms with van der Waals surface area (Å²) in [5.74, 6) is 0.237. The number of thiazole rings is 1. The third-order valence-electron chi connectivity index (χ3n) is 1.76. The standard InChI is InChI=1S/C9H13NOS/c1-6(11)4-5-9-10-7(2)8(3)12-9/h4-5H2,1-3H3. The smallest absolute Gasteiger partial charge is 0.130 e. The summed E-state index contributed by atoms with van der Waals surface area (Å²) in [5, 5.41) is 1.08. The van der Waals surface area contributed by atoms with Crippen molar-refractivity contribution in [3.63, 3.8) is 0 Å². The molecule has 66 valence electrons. The molecule has 3 heteroatoms. The molecule has 0 aliphatic carbocycles. The molecule has 0 radical (unpaired) electrons. The van der Waals surface area contributed by atoms with Crippen LogP contribution >= 0.6 is 11.3 Å². The van der Waals surface area contributed by atoms with E-state index in [9.17, 15) is 4.79 Å². The second kappa shape index (κ2) is 3.81. The van der Waals surface area contributed by atoms with Crippen LogP contribution in [-0.4, -0.2) is 10.8 Å². The lowest BCUT2D eigenvalue weighted by atomic mass is 10.2. The zero-order valence-electron chi connectivity index (χ0n) is 7.68. The molecule has 0 aromatic carbocycles. The van der Waals surface area contributed by atoms with Gasteiger partial charge in [-0.25, -0.2) is 4.98 Å². The number of Topliss-reactive ketones (excluding diaryl/α,β-unsaturated/α-hetero) is 1. The molecule has 0 aliphatic rings. The highest BCUT2D eigenvalue weighted by Crippen LogP contribution is 2.17. The van der Waals surface area contributed by atoms with Gasteiger partial charge in [-0.2, -0.15) is 0 Å². The van der Waals surface area contributed by atoms with E-state index >= 15 is 0 Å². The van der Waals surface area contributed by atoms with Crippen LogP contribution in [0.5, 0.6) is 0 Å². The van der Waals surface area contributed by atoms with Gasteiger partial charge in [-0.15, -0.1) is 11.3 Å². The Morgan fingerprint density at radius 2 is 2.17 bits per heavy atom. The Morgan fingerprint density at radius 1 is 1.50 bits per heavy atom. The van der Waals surface area contributed by atoms with Gasteiger partial charge in [0.05, 0.1) is 10.7 Å². The molecule has 0 unspecified atom stereocenters. The molecular formula is C9H13NOS. The number of rotatable bonds is 3. The van der Waals surface area contributed by atoms with Gasteiger partial charge < -0.3 is 4.79 Å². The van der Waals surface area contributed by atoms with Crippen molar-refractivity contribution in [2.45, 2.75) is 33.6 Å². The van der Waals surface area contributed by atoms with Crippen LogP contribution in [0.15, 0.2) is 0 Å². The summed E-state index contributed by atoms with van der Waals surface area (Å²) in [6.45, 7) is 5.68. The lowest BCUT2D eigenvalue weighted by molar-refractivity contribution is -0.116. The molecule has 1 aromatic heterocycles. The quantitative estimate of drug-likeness (QED) is 0.719. The van der Waals surface area contributed by atoms with Gasteiger partial charge in [-0.3, -0.25) is 0 Å². The first kappa shape index (κ1) is 9.39. The lowest BCUT2D eigenvalue weighted by Crippen LogP contribution is -1.93. The number of carbonyl (C=O) groups is 1. The van der Waals surface area contributed by atoms with Gasteiger partial charge in [-0.1, -0.05) is 0 Å². The van der Waals surface area contributed by atoms with E-state index in [1.54, 1.807) is 18.3 Å². The minimum Gasteiger partial charge on any atom is -0.300 e. The van der Waals surface area contributed by atoms with Gasteiger partial charge in [0.25, 0.3) is 0 Å². The number of nitrogens with zero attached hydrogens (tertiary/aromatic N) is 1. The van der Waals surface area contributed by atoms with Gasteiger partial charge in [0.1, 0.15) is 5.78 Å². The first-order chi connectivity index (χ1) is 5.59. The van der Waals surface area contributed by atoms with Crippen LogP contribution in [0.2, 0.25) is 0 Å². The molecule has 12 heavy (non-hydrogen) atoms. The Bertz CT molecular complexity index is 271. The largest absolute Gasteiger partial charge is 0.300 e. The molecule has 0 saturated carbocycles. The highest BCUT2D eigenvalue weighted by Gasteiger charge is 2.03. The Morgan fingerprint density at radius 3 is 2.58 bits per heavy atom. The second-order valence-corrected chi connectivity index (χ2v) is 4.24. The molecule has 0 saturated heterocycles. The third kappa shape index (κ3) is 2.41. The highest BCUT2D eigenvalue weighted by molar-refractivity contribution is 7.11. The van der Waals surface area contributed by atoms with Crippen LogP contribution in [0.25, 0.3) is 0 Å². The van der Waals surface area contributed by atoms with Crippen molar-refractivity contribution < 1.29 is 4.79 Å². The third-order valence-corrected chi connectivity index (χ3v) is 2.90. The van der Waals surface area contributed by atoms with Crippen molar-refractivity contribution in [1.29, 1.82) is 0 Å².